The molecule has 0 atom stereocenters. The average molecular weight is 413 g/mol. The Morgan fingerprint density at radius 2 is 1.96 bits per heavy atom. The molecule has 7 heteroatoms. The van der Waals surface area contributed by atoms with E-state index >= 15 is 0 Å². The summed E-state index contributed by atoms with van der Waals surface area (Å²) >= 11 is 3.14. The van der Waals surface area contributed by atoms with Gasteiger partial charge in [-0.15, -0.1) is 18.3 Å². The van der Waals surface area contributed by atoms with E-state index in [1.165, 1.54) is 11.3 Å². The number of aromatic nitrogens is 1. The first kappa shape index (κ1) is 18.8. The second kappa shape index (κ2) is 8.67. The number of hydrogen-bond acceptors (Lipinski definition) is 5. The van der Waals surface area contributed by atoms with Crippen molar-refractivity contribution in [2.24, 2.45) is 4.99 Å². The summed E-state index contributed by atoms with van der Waals surface area (Å²) in [6.45, 7) is 5.49. The van der Waals surface area contributed by atoms with E-state index in [4.69, 9.17) is 9.47 Å². The van der Waals surface area contributed by atoms with Gasteiger partial charge in [-0.05, 0) is 12.1 Å². The van der Waals surface area contributed by atoms with Crippen molar-refractivity contribution in [1.29, 1.82) is 0 Å². The molecule has 0 bridgehead atoms. The molecule has 2 heterocycles. The van der Waals surface area contributed by atoms with E-state index in [1.807, 2.05) is 47.0 Å². The van der Waals surface area contributed by atoms with Crippen LogP contribution in [0.3, 0.4) is 0 Å². The van der Waals surface area contributed by atoms with E-state index in [0.29, 0.717) is 36.7 Å². The SMILES string of the molecule is C=CCn1c(=NC(=O)CCSc2ccccc2)sc2cc3c(cc21)OCCO3. The molecule has 0 unspecified atom stereocenters. The number of allylic oxidation sites excluding steroid dienone is 1. The van der Waals surface area contributed by atoms with Crippen LogP contribution in [0.25, 0.3) is 10.2 Å². The summed E-state index contributed by atoms with van der Waals surface area (Å²) in [6, 6.07) is 14.0. The molecule has 0 spiro atoms. The van der Waals surface area contributed by atoms with E-state index in [0.717, 1.165) is 26.6 Å². The van der Waals surface area contributed by atoms with Crippen molar-refractivity contribution < 1.29 is 14.3 Å². The van der Waals surface area contributed by atoms with Crippen LogP contribution in [0.1, 0.15) is 6.42 Å². The van der Waals surface area contributed by atoms with Crippen LogP contribution in [-0.4, -0.2) is 29.4 Å². The molecule has 28 heavy (non-hydrogen) atoms. The normalized spacial score (nSPS) is 13.6. The van der Waals surface area contributed by atoms with Crippen LogP contribution < -0.4 is 14.3 Å². The van der Waals surface area contributed by atoms with Gasteiger partial charge in [-0.1, -0.05) is 35.6 Å². The third-order valence-corrected chi connectivity index (χ3v) is 6.26. The lowest BCUT2D eigenvalue weighted by Gasteiger charge is -2.18. The number of carbonyl (C=O) groups excluding carboxylic acids is 1. The van der Waals surface area contributed by atoms with E-state index in [1.54, 1.807) is 17.8 Å². The predicted octanol–water partition coefficient (Wildman–Crippen LogP) is 4.27. The lowest BCUT2D eigenvalue weighted by Crippen LogP contribution is -2.17. The van der Waals surface area contributed by atoms with Crippen LogP contribution >= 0.6 is 23.1 Å². The first-order valence-electron chi connectivity index (χ1n) is 9.04. The Morgan fingerprint density at radius 1 is 1.21 bits per heavy atom. The molecule has 144 valence electrons. The third-order valence-electron chi connectivity index (χ3n) is 4.21. The Kier molecular flexibility index (Phi) is 5.83. The van der Waals surface area contributed by atoms with Gasteiger partial charge >= 0.3 is 0 Å². The van der Waals surface area contributed by atoms with Gasteiger partial charge in [0.25, 0.3) is 0 Å². The van der Waals surface area contributed by atoms with Gasteiger partial charge in [0.1, 0.15) is 13.2 Å². The maximum atomic E-state index is 12.4. The second-order valence-corrected chi connectivity index (χ2v) is 8.34. The average Bonchev–Trinajstić information content (AvgIpc) is 3.03. The Hall–Kier alpha value is -2.51. The molecule has 5 nitrogen and oxygen atoms in total. The van der Waals surface area contributed by atoms with Gasteiger partial charge in [0.2, 0.25) is 5.91 Å². The highest BCUT2D eigenvalue weighted by Crippen LogP contribution is 2.35. The van der Waals surface area contributed by atoms with Crippen LogP contribution in [0.2, 0.25) is 0 Å². The molecule has 1 aliphatic heterocycles. The summed E-state index contributed by atoms with van der Waals surface area (Å²) in [5.74, 6) is 2.05. The molecule has 1 aliphatic rings. The number of rotatable bonds is 6. The smallest absolute Gasteiger partial charge is 0.249 e. The topological polar surface area (TPSA) is 52.8 Å². The van der Waals surface area contributed by atoms with Gasteiger partial charge in [-0.3, -0.25) is 4.79 Å². The molecule has 1 amide bonds. The van der Waals surface area contributed by atoms with Crippen LogP contribution in [0.4, 0.5) is 0 Å². The van der Waals surface area contributed by atoms with Gasteiger partial charge in [-0.2, -0.15) is 4.99 Å². The highest BCUT2D eigenvalue weighted by atomic mass is 32.2. The van der Waals surface area contributed by atoms with Gasteiger partial charge in [-0.25, -0.2) is 0 Å². The van der Waals surface area contributed by atoms with Crippen molar-refractivity contribution in [2.45, 2.75) is 17.9 Å². The van der Waals surface area contributed by atoms with Gasteiger partial charge in [0.05, 0.1) is 10.2 Å². The van der Waals surface area contributed by atoms with Gasteiger partial charge in [0.15, 0.2) is 16.3 Å². The minimum absolute atomic E-state index is 0.120. The molecule has 4 rings (SSSR count). The minimum atomic E-state index is -0.120. The molecule has 0 saturated carbocycles. The molecule has 1 aromatic heterocycles. The van der Waals surface area contributed by atoms with Crippen molar-refractivity contribution in [3.8, 4) is 11.5 Å². The van der Waals surface area contributed by atoms with Crippen molar-refractivity contribution in [3.05, 3.63) is 59.9 Å². The zero-order valence-electron chi connectivity index (χ0n) is 15.3. The fraction of sp³-hybridized carbons (Fsp3) is 0.238. The van der Waals surface area contributed by atoms with E-state index in [9.17, 15) is 4.79 Å². The number of ether oxygens (including phenoxy) is 2. The van der Waals surface area contributed by atoms with Crippen molar-refractivity contribution in [2.75, 3.05) is 19.0 Å². The number of amides is 1. The fourth-order valence-electron chi connectivity index (χ4n) is 2.93. The maximum Gasteiger partial charge on any atom is 0.249 e. The molecule has 3 aromatic rings. The summed E-state index contributed by atoms with van der Waals surface area (Å²) in [7, 11) is 0. The fourth-order valence-corrected chi connectivity index (χ4v) is 4.86. The van der Waals surface area contributed by atoms with E-state index < -0.39 is 0 Å². The van der Waals surface area contributed by atoms with Crippen LogP contribution in [0.15, 0.2) is 65.0 Å². The standard InChI is InChI=1S/C21H20N2O3S2/c1-2-9-23-16-13-17-18(26-11-10-25-17)14-19(16)28-21(23)22-20(24)8-12-27-15-6-4-3-5-7-15/h2-7,13-14H,1,8-12H2. The molecule has 0 radical (unpaired) electrons. The zero-order valence-corrected chi connectivity index (χ0v) is 16.9. The summed E-state index contributed by atoms with van der Waals surface area (Å²) in [5, 5.41) is 0. The number of benzene rings is 2. The van der Waals surface area contributed by atoms with E-state index in [-0.39, 0.29) is 5.91 Å². The Labute approximate surface area is 171 Å². The minimum Gasteiger partial charge on any atom is -0.486 e. The summed E-state index contributed by atoms with van der Waals surface area (Å²) in [6.07, 6.45) is 2.20. The highest BCUT2D eigenvalue weighted by Gasteiger charge is 2.16. The molecule has 0 N–H and O–H groups in total. The number of nitrogens with zero attached hydrogens (tertiary/aromatic N) is 2. The zero-order chi connectivity index (χ0) is 19.3. The number of carbonyl (C=O) groups is 1. The highest BCUT2D eigenvalue weighted by molar-refractivity contribution is 7.99. The monoisotopic (exact) mass is 412 g/mol. The summed E-state index contributed by atoms with van der Waals surface area (Å²) < 4.78 is 14.4. The van der Waals surface area contributed by atoms with Crippen molar-refractivity contribution in [1.82, 2.24) is 4.57 Å². The maximum absolute atomic E-state index is 12.4. The van der Waals surface area contributed by atoms with Crippen molar-refractivity contribution in [3.63, 3.8) is 0 Å². The first-order valence-corrected chi connectivity index (χ1v) is 10.8. The Morgan fingerprint density at radius 3 is 2.71 bits per heavy atom. The largest absolute Gasteiger partial charge is 0.486 e. The number of hydrogen-bond donors (Lipinski definition) is 0. The first-order chi connectivity index (χ1) is 13.7. The van der Waals surface area contributed by atoms with Gasteiger partial charge in [0, 0.05) is 35.7 Å². The quantitative estimate of drug-likeness (QED) is 0.448. The third kappa shape index (κ3) is 4.15. The molecular formula is C21H20N2O3S2. The number of thioether (sulfide) groups is 1. The van der Waals surface area contributed by atoms with Crippen LogP contribution in [-0.2, 0) is 11.3 Å². The lowest BCUT2D eigenvalue weighted by atomic mass is 10.2. The molecule has 0 aliphatic carbocycles. The molecule has 0 fully saturated rings. The van der Waals surface area contributed by atoms with Crippen LogP contribution in [0, 0.1) is 0 Å². The molecule has 2 aromatic carbocycles. The van der Waals surface area contributed by atoms with Crippen molar-refractivity contribution >= 4 is 39.2 Å². The number of thiazole rings is 1. The lowest BCUT2D eigenvalue weighted by molar-refractivity contribution is -0.117. The van der Waals surface area contributed by atoms with Crippen LogP contribution in [0.5, 0.6) is 11.5 Å². The Balaban J connectivity index is 1.58. The number of fused-ring (bicyclic) bond motifs is 2. The molecule has 0 saturated heterocycles. The Bertz CT molecular complexity index is 1070. The predicted molar refractivity (Wildman–Crippen MR) is 113 cm³/mol. The molecular weight excluding hydrogens is 392 g/mol. The second-order valence-electron chi connectivity index (χ2n) is 6.16. The van der Waals surface area contributed by atoms with E-state index in [2.05, 4.69) is 11.6 Å². The van der Waals surface area contributed by atoms with Gasteiger partial charge < -0.3 is 14.0 Å². The summed E-state index contributed by atoms with van der Waals surface area (Å²) in [5.41, 5.74) is 0.972. The summed E-state index contributed by atoms with van der Waals surface area (Å²) in [4.78, 5) is 18.6.